The normalized spacial score (nSPS) is 12.0. The minimum atomic E-state index is 0. The van der Waals surface area contributed by atoms with Crippen molar-refractivity contribution in [2.45, 2.75) is 39.7 Å². The molecule has 0 radical (unpaired) electrons. The average molecular weight is 416 g/mol. The van der Waals surface area contributed by atoms with E-state index in [1.165, 1.54) is 0 Å². The molecule has 1 unspecified atom stereocenters. The van der Waals surface area contributed by atoms with Crippen LogP contribution in [-0.2, 0) is 6.42 Å². The third-order valence-corrected chi connectivity index (χ3v) is 3.95. The van der Waals surface area contributed by atoms with Crippen LogP contribution in [0.1, 0.15) is 44.5 Å². The molecular weight excluding hydrogens is 389 g/mol. The highest BCUT2D eigenvalue weighted by molar-refractivity contribution is 6.32. The number of hydrogen-bond acceptors (Lipinski definition) is 6. The zero-order chi connectivity index (χ0) is 18.9. The molecule has 27 heavy (non-hydrogen) atoms. The predicted molar refractivity (Wildman–Crippen MR) is 111 cm³/mol. The van der Waals surface area contributed by atoms with Crippen LogP contribution in [0, 0.1) is 0 Å². The highest BCUT2D eigenvalue weighted by atomic mass is 35.5. The van der Waals surface area contributed by atoms with E-state index < -0.39 is 0 Å². The molecular formula is C19H27Cl2N3O3. The van der Waals surface area contributed by atoms with Gasteiger partial charge in [0.05, 0.1) is 18.2 Å². The van der Waals surface area contributed by atoms with Crippen molar-refractivity contribution in [1.82, 2.24) is 15.5 Å². The summed E-state index contributed by atoms with van der Waals surface area (Å²) in [5, 5.41) is 7.64. The van der Waals surface area contributed by atoms with Gasteiger partial charge in [0, 0.05) is 18.5 Å². The van der Waals surface area contributed by atoms with Crippen molar-refractivity contribution in [1.29, 1.82) is 0 Å². The van der Waals surface area contributed by atoms with Gasteiger partial charge in [-0.2, -0.15) is 4.98 Å². The van der Waals surface area contributed by atoms with E-state index in [0.29, 0.717) is 47.9 Å². The average Bonchev–Trinajstić information content (AvgIpc) is 3.06. The number of likely N-dealkylation sites (N-methyl/N-ethyl adjacent to an activating group) is 1. The molecule has 2 aromatic rings. The summed E-state index contributed by atoms with van der Waals surface area (Å²) in [4.78, 5) is 4.36. The summed E-state index contributed by atoms with van der Waals surface area (Å²) in [5.41, 5.74) is 0.866. The van der Waals surface area contributed by atoms with Gasteiger partial charge in [-0.25, -0.2) is 0 Å². The number of nitrogens with one attached hydrogen (secondary N) is 1. The Labute approximate surface area is 171 Å². The highest BCUT2D eigenvalue weighted by Gasteiger charge is 2.12. The van der Waals surface area contributed by atoms with Crippen LogP contribution in [-0.4, -0.2) is 36.4 Å². The van der Waals surface area contributed by atoms with Crippen LogP contribution >= 0.6 is 24.0 Å². The number of rotatable bonds is 10. The molecule has 1 aromatic heterocycles. The first-order valence-electron chi connectivity index (χ1n) is 8.84. The van der Waals surface area contributed by atoms with Crippen LogP contribution in [0.15, 0.2) is 16.7 Å². The maximum atomic E-state index is 6.37. The summed E-state index contributed by atoms with van der Waals surface area (Å²) < 4.78 is 16.6. The van der Waals surface area contributed by atoms with Crippen molar-refractivity contribution in [2.24, 2.45) is 0 Å². The minimum Gasteiger partial charge on any atom is -0.490 e. The standard InChI is InChI=1S/C19H26ClN3O3.ClH/c1-5-9-25-19-15(20)11-14(12-16(19)24-6-2)7-8-18-22-17(23-26-18)10-13(3)21-4;/h7-8,11-13,21H,5-6,9-10H2,1-4H3;1H/b8-7+;. The summed E-state index contributed by atoms with van der Waals surface area (Å²) in [5.74, 6) is 2.32. The largest absolute Gasteiger partial charge is 0.490 e. The molecule has 6 nitrogen and oxygen atoms in total. The van der Waals surface area contributed by atoms with E-state index in [1.54, 1.807) is 6.08 Å². The second-order valence-corrected chi connectivity index (χ2v) is 6.29. The second-order valence-electron chi connectivity index (χ2n) is 5.89. The number of aromatic nitrogens is 2. The Kier molecular flexibility index (Phi) is 10.2. The van der Waals surface area contributed by atoms with Gasteiger partial charge in [0.1, 0.15) is 0 Å². The van der Waals surface area contributed by atoms with Crippen LogP contribution < -0.4 is 14.8 Å². The molecule has 1 N–H and O–H groups in total. The first kappa shape index (κ1) is 23.3. The van der Waals surface area contributed by atoms with Gasteiger partial charge in [0.2, 0.25) is 0 Å². The summed E-state index contributed by atoms with van der Waals surface area (Å²) >= 11 is 6.37. The van der Waals surface area contributed by atoms with Gasteiger partial charge in [-0.3, -0.25) is 0 Å². The van der Waals surface area contributed by atoms with Gasteiger partial charge >= 0.3 is 0 Å². The minimum absolute atomic E-state index is 0. The Morgan fingerprint density at radius 1 is 1.26 bits per heavy atom. The van der Waals surface area contributed by atoms with Crippen molar-refractivity contribution in [3.8, 4) is 11.5 Å². The van der Waals surface area contributed by atoms with Crippen LogP contribution in [0.5, 0.6) is 11.5 Å². The monoisotopic (exact) mass is 415 g/mol. The van der Waals surface area contributed by atoms with Crippen molar-refractivity contribution >= 4 is 36.2 Å². The summed E-state index contributed by atoms with van der Waals surface area (Å²) in [6.07, 6.45) is 5.22. The van der Waals surface area contributed by atoms with Crippen LogP contribution in [0.3, 0.4) is 0 Å². The van der Waals surface area contributed by atoms with Gasteiger partial charge in [0.25, 0.3) is 5.89 Å². The van der Waals surface area contributed by atoms with Crippen molar-refractivity contribution in [2.75, 3.05) is 20.3 Å². The Bertz CT molecular complexity index is 735. The summed E-state index contributed by atoms with van der Waals surface area (Å²) in [6, 6.07) is 4.00. The fourth-order valence-corrected chi connectivity index (χ4v) is 2.53. The SMILES string of the molecule is CCCOc1c(Cl)cc(/C=C/c2nc(CC(C)NC)no2)cc1OCC.Cl. The summed E-state index contributed by atoms with van der Waals surface area (Å²) in [7, 11) is 1.90. The zero-order valence-corrected chi connectivity index (χ0v) is 17.7. The smallest absolute Gasteiger partial charge is 0.250 e. The van der Waals surface area contributed by atoms with Gasteiger partial charge in [0.15, 0.2) is 17.3 Å². The van der Waals surface area contributed by atoms with E-state index in [1.807, 2.05) is 39.1 Å². The maximum absolute atomic E-state index is 6.37. The lowest BCUT2D eigenvalue weighted by Gasteiger charge is -2.13. The lowest BCUT2D eigenvalue weighted by atomic mass is 10.2. The van der Waals surface area contributed by atoms with Crippen molar-refractivity contribution in [3.05, 3.63) is 34.4 Å². The lowest BCUT2D eigenvalue weighted by Crippen LogP contribution is -2.24. The lowest BCUT2D eigenvalue weighted by molar-refractivity contribution is 0.277. The Balaban J connectivity index is 0.00000364. The topological polar surface area (TPSA) is 69.4 Å². The quantitative estimate of drug-likeness (QED) is 0.608. The van der Waals surface area contributed by atoms with Crippen molar-refractivity contribution in [3.63, 3.8) is 0 Å². The highest BCUT2D eigenvalue weighted by Crippen LogP contribution is 2.37. The fourth-order valence-electron chi connectivity index (χ4n) is 2.25. The Hall–Kier alpha value is -1.76. The van der Waals surface area contributed by atoms with Crippen LogP contribution in [0.25, 0.3) is 12.2 Å². The van der Waals surface area contributed by atoms with Crippen LogP contribution in [0.2, 0.25) is 5.02 Å². The van der Waals surface area contributed by atoms with E-state index in [4.69, 9.17) is 25.6 Å². The number of benzene rings is 1. The Morgan fingerprint density at radius 2 is 2.04 bits per heavy atom. The zero-order valence-electron chi connectivity index (χ0n) is 16.1. The summed E-state index contributed by atoms with van der Waals surface area (Å²) in [6.45, 7) is 7.15. The van der Waals surface area contributed by atoms with E-state index in [9.17, 15) is 0 Å². The molecule has 150 valence electrons. The molecule has 8 heteroatoms. The molecule has 0 aliphatic carbocycles. The molecule has 0 saturated heterocycles. The number of hydrogen-bond donors (Lipinski definition) is 1. The van der Waals surface area contributed by atoms with Gasteiger partial charge < -0.3 is 19.3 Å². The van der Waals surface area contributed by atoms with E-state index in [-0.39, 0.29) is 18.4 Å². The third kappa shape index (κ3) is 7.05. The molecule has 0 aliphatic rings. The molecule has 0 spiro atoms. The number of halogens is 2. The molecule has 1 heterocycles. The first-order chi connectivity index (χ1) is 12.6. The fraction of sp³-hybridized carbons (Fsp3) is 0.474. The van der Waals surface area contributed by atoms with Gasteiger partial charge in [-0.05, 0) is 51.1 Å². The maximum Gasteiger partial charge on any atom is 0.250 e. The number of ether oxygens (including phenoxy) is 2. The van der Waals surface area contributed by atoms with E-state index in [2.05, 4.69) is 22.4 Å². The molecule has 0 amide bonds. The molecule has 1 aromatic carbocycles. The van der Waals surface area contributed by atoms with E-state index >= 15 is 0 Å². The predicted octanol–water partition coefficient (Wildman–Crippen LogP) is 4.65. The molecule has 0 saturated carbocycles. The third-order valence-electron chi connectivity index (χ3n) is 3.67. The van der Waals surface area contributed by atoms with Gasteiger partial charge in [-0.15, -0.1) is 12.4 Å². The molecule has 0 fully saturated rings. The molecule has 2 rings (SSSR count). The van der Waals surface area contributed by atoms with Crippen molar-refractivity contribution < 1.29 is 14.0 Å². The van der Waals surface area contributed by atoms with E-state index in [0.717, 1.165) is 12.0 Å². The first-order valence-corrected chi connectivity index (χ1v) is 9.22. The molecule has 0 aliphatic heterocycles. The molecule has 1 atom stereocenters. The van der Waals surface area contributed by atoms with Gasteiger partial charge in [-0.1, -0.05) is 23.7 Å². The van der Waals surface area contributed by atoms with Crippen LogP contribution in [0.4, 0.5) is 0 Å². The Morgan fingerprint density at radius 3 is 2.70 bits per heavy atom. The molecule has 0 bridgehead atoms. The number of nitrogens with zero attached hydrogens (tertiary/aromatic N) is 2. The second kappa shape index (κ2) is 11.8.